The molecule has 0 unspecified atom stereocenters. The molecular formula is C27H24BrNO4S2. The van der Waals surface area contributed by atoms with Crippen LogP contribution in [0, 0.1) is 0 Å². The number of carbonyl (C=O) groups excluding carboxylic acids is 1. The summed E-state index contributed by atoms with van der Waals surface area (Å²) in [6.45, 7) is 5.33. The third-order valence-corrected chi connectivity index (χ3v) is 6.95. The van der Waals surface area contributed by atoms with Crippen molar-refractivity contribution in [1.82, 2.24) is 0 Å². The number of hydrogen-bond donors (Lipinski definition) is 0. The van der Waals surface area contributed by atoms with Crippen molar-refractivity contribution in [1.29, 1.82) is 0 Å². The SMILES string of the molecule is CCOc1ccc(N2C(=O)/C(=C\c3cc(Br)c(OCc4ccccc4)c(OCC)c3)SC2=S)cc1. The summed E-state index contributed by atoms with van der Waals surface area (Å²) in [5.74, 6) is 1.81. The fourth-order valence-electron chi connectivity index (χ4n) is 3.50. The second kappa shape index (κ2) is 11.7. The van der Waals surface area contributed by atoms with Gasteiger partial charge in [0.15, 0.2) is 15.8 Å². The van der Waals surface area contributed by atoms with Gasteiger partial charge in [0, 0.05) is 0 Å². The molecule has 0 saturated carbocycles. The van der Waals surface area contributed by atoms with Crippen LogP contribution in [-0.4, -0.2) is 23.4 Å². The minimum absolute atomic E-state index is 0.164. The number of thioether (sulfide) groups is 1. The summed E-state index contributed by atoms with van der Waals surface area (Å²) < 4.78 is 18.6. The standard InChI is InChI=1S/C27H24BrNO4S2/c1-3-31-21-12-10-20(11-13-21)29-26(30)24(35-27(29)34)16-19-14-22(28)25(23(15-19)32-4-2)33-17-18-8-6-5-7-9-18/h5-16H,3-4,17H2,1-2H3/b24-16+. The van der Waals surface area contributed by atoms with Crippen LogP contribution in [0.15, 0.2) is 76.1 Å². The molecule has 35 heavy (non-hydrogen) atoms. The first kappa shape index (κ1) is 25.3. The Balaban J connectivity index is 1.57. The molecule has 3 aromatic carbocycles. The zero-order valence-corrected chi connectivity index (χ0v) is 22.5. The van der Waals surface area contributed by atoms with Gasteiger partial charge in [-0.05, 0) is 83.4 Å². The first-order valence-corrected chi connectivity index (χ1v) is 13.2. The van der Waals surface area contributed by atoms with Crippen molar-refractivity contribution < 1.29 is 19.0 Å². The molecule has 180 valence electrons. The molecule has 0 aromatic heterocycles. The van der Waals surface area contributed by atoms with Gasteiger partial charge in [0.1, 0.15) is 12.4 Å². The molecule has 0 bridgehead atoms. The Hall–Kier alpha value is -2.81. The number of thiocarbonyl (C=S) groups is 1. The number of carbonyl (C=O) groups is 1. The number of anilines is 1. The van der Waals surface area contributed by atoms with Gasteiger partial charge in [0.25, 0.3) is 5.91 Å². The number of nitrogens with zero attached hydrogens (tertiary/aromatic N) is 1. The molecule has 1 aliphatic rings. The Morgan fingerprint density at radius 3 is 2.37 bits per heavy atom. The predicted octanol–water partition coefficient (Wildman–Crippen LogP) is 7.23. The van der Waals surface area contributed by atoms with Crippen LogP contribution in [0.1, 0.15) is 25.0 Å². The number of halogens is 1. The Morgan fingerprint density at radius 2 is 1.69 bits per heavy atom. The van der Waals surface area contributed by atoms with Gasteiger partial charge < -0.3 is 14.2 Å². The van der Waals surface area contributed by atoms with Crippen LogP contribution in [0.5, 0.6) is 17.2 Å². The van der Waals surface area contributed by atoms with E-state index in [-0.39, 0.29) is 5.91 Å². The largest absolute Gasteiger partial charge is 0.494 e. The Morgan fingerprint density at radius 1 is 0.971 bits per heavy atom. The van der Waals surface area contributed by atoms with Gasteiger partial charge in [0.2, 0.25) is 0 Å². The van der Waals surface area contributed by atoms with Crippen molar-refractivity contribution in [2.24, 2.45) is 0 Å². The minimum atomic E-state index is -0.164. The van der Waals surface area contributed by atoms with Crippen molar-refractivity contribution in [2.75, 3.05) is 18.1 Å². The highest BCUT2D eigenvalue weighted by Crippen LogP contribution is 2.40. The molecule has 0 radical (unpaired) electrons. The van der Waals surface area contributed by atoms with E-state index in [1.807, 2.05) is 86.7 Å². The minimum Gasteiger partial charge on any atom is -0.494 e. The van der Waals surface area contributed by atoms with Gasteiger partial charge in [-0.2, -0.15) is 0 Å². The molecule has 1 heterocycles. The molecule has 1 fully saturated rings. The van der Waals surface area contributed by atoms with Gasteiger partial charge in [-0.15, -0.1) is 0 Å². The van der Waals surface area contributed by atoms with Crippen molar-refractivity contribution >= 4 is 61.9 Å². The highest BCUT2D eigenvalue weighted by Gasteiger charge is 2.33. The van der Waals surface area contributed by atoms with Gasteiger partial charge in [-0.1, -0.05) is 54.3 Å². The van der Waals surface area contributed by atoms with Crippen LogP contribution in [0.25, 0.3) is 6.08 Å². The third-order valence-electron chi connectivity index (χ3n) is 5.06. The fourth-order valence-corrected chi connectivity index (χ4v) is 5.38. The number of rotatable bonds is 9. The first-order chi connectivity index (χ1) is 17.0. The van der Waals surface area contributed by atoms with E-state index in [1.54, 1.807) is 0 Å². The predicted molar refractivity (Wildman–Crippen MR) is 149 cm³/mol. The van der Waals surface area contributed by atoms with E-state index in [9.17, 15) is 4.79 Å². The molecule has 0 N–H and O–H groups in total. The van der Waals surface area contributed by atoms with Crippen molar-refractivity contribution in [3.63, 3.8) is 0 Å². The molecule has 8 heteroatoms. The van der Waals surface area contributed by atoms with E-state index in [2.05, 4.69) is 15.9 Å². The van der Waals surface area contributed by atoms with Crippen LogP contribution < -0.4 is 19.1 Å². The number of hydrogen-bond acceptors (Lipinski definition) is 6. The smallest absolute Gasteiger partial charge is 0.270 e. The molecule has 0 aliphatic carbocycles. The van der Waals surface area contributed by atoms with Crippen LogP contribution in [0.3, 0.4) is 0 Å². The lowest BCUT2D eigenvalue weighted by atomic mass is 10.1. The van der Waals surface area contributed by atoms with Gasteiger partial charge in [-0.3, -0.25) is 9.69 Å². The second-order valence-electron chi connectivity index (χ2n) is 7.48. The summed E-state index contributed by atoms with van der Waals surface area (Å²) in [5.41, 5.74) is 2.57. The topological polar surface area (TPSA) is 48.0 Å². The number of ether oxygens (including phenoxy) is 3. The quantitative estimate of drug-likeness (QED) is 0.200. The molecule has 4 rings (SSSR count). The molecule has 1 amide bonds. The lowest BCUT2D eigenvalue weighted by Gasteiger charge is -2.15. The Kier molecular flexibility index (Phi) is 8.49. The average Bonchev–Trinajstić information content (AvgIpc) is 3.12. The number of benzene rings is 3. The normalized spacial score (nSPS) is 14.5. The highest BCUT2D eigenvalue weighted by atomic mass is 79.9. The van der Waals surface area contributed by atoms with E-state index < -0.39 is 0 Å². The maximum absolute atomic E-state index is 13.2. The van der Waals surface area contributed by atoms with Crippen LogP contribution in [-0.2, 0) is 11.4 Å². The van der Waals surface area contributed by atoms with Gasteiger partial charge in [0.05, 0.1) is 28.3 Å². The molecule has 5 nitrogen and oxygen atoms in total. The van der Waals surface area contributed by atoms with Crippen LogP contribution in [0.4, 0.5) is 5.69 Å². The summed E-state index contributed by atoms with van der Waals surface area (Å²) >= 11 is 10.4. The van der Waals surface area contributed by atoms with Crippen molar-refractivity contribution in [3.05, 3.63) is 87.2 Å². The lowest BCUT2D eigenvalue weighted by molar-refractivity contribution is -0.113. The van der Waals surface area contributed by atoms with Gasteiger partial charge in [-0.25, -0.2) is 0 Å². The molecule has 0 spiro atoms. The maximum Gasteiger partial charge on any atom is 0.270 e. The van der Waals surface area contributed by atoms with E-state index in [1.165, 1.54) is 16.7 Å². The summed E-state index contributed by atoms with van der Waals surface area (Å²) in [7, 11) is 0. The summed E-state index contributed by atoms with van der Waals surface area (Å²) in [5, 5.41) is 0. The van der Waals surface area contributed by atoms with Crippen molar-refractivity contribution in [3.8, 4) is 17.2 Å². The second-order valence-corrected chi connectivity index (χ2v) is 10.0. The maximum atomic E-state index is 13.2. The Labute approximate surface area is 223 Å². The van der Waals surface area contributed by atoms with Crippen molar-refractivity contribution in [2.45, 2.75) is 20.5 Å². The summed E-state index contributed by atoms with van der Waals surface area (Å²) in [6.07, 6.45) is 1.82. The zero-order valence-electron chi connectivity index (χ0n) is 19.3. The van der Waals surface area contributed by atoms with Gasteiger partial charge >= 0.3 is 0 Å². The lowest BCUT2D eigenvalue weighted by Crippen LogP contribution is -2.27. The number of amides is 1. The summed E-state index contributed by atoms with van der Waals surface area (Å²) in [6, 6.07) is 21.1. The highest BCUT2D eigenvalue weighted by molar-refractivity contribution is 9.10. The molecule has 3 aromatic rings. The monoisotopic (exact) mass is 569 g/mol. The molecule has 0 atom stereocenters. The average molecular weight is 571 g/mol. The zero-order chi connectivity index (χ0) is 24.8. The third kappa shape index (κ3) is 6.07. The van der Waals surface area contributed by atoms with E-state index in [0.29, 0.717) is 46.2 Å². The molecule has 1 saturated heterocycles. The van der Waals surface area contributed by atoms with E-state index in [4.69, 9.17) is 26.4 Å². The van der Waals surface area contributed by atoms with E-state index >= 15 is 0 Å². The van der Waals surface area contributed by atoms with E-state index in [0.717, 1.165) is 21.3 Å². The van der Waals surface area contributed by atoms with Crippen LogP contribution in [0.2, 0.25) is 0 Å². The van der Waals surface area contributed by atoms with Crippen LogP contribution >= 0.6 is 39.9 Å². The Bertz CT molecular complexity index is 1250. The fraction of sp³-hybridized carbons (Fsp3) is 0.185. The summed E-state index contributed by atoms with van der Waals surface area (Å²) in [4.78, 5) is 15.3. The first-order valence-electron chi connectivity index (χ1n) is 11.1. The molecule has 1 aliphatic heterocycles. The molecular weight excluding hydrogens is 546 g/mol.